The lowest BCUT2D eigenvalue weighted by atomic mass is 10.1. The van der Waals surface area contributed by atoms with Crippen molar-refractivity contribution in [3.8, 4) is 11.5 Å². The van der Waals surface area contributed by atoms with E-state index in [1.54, 1.807) is 6.20 Å². The third-order valence-corrected chi connectivity index (χ3v) is 3.54. The lowest BCUT2D eigenvalue weighted by Gasteiger charge is -2.20. The van der Waals surface area contributed by atoms with Crippen LogP contribution in [0.4, 0.5) is 0 Å². The first-order chi connectivity index (χ1) is 10.4. The van der Waals surface area contributed by atoms with Crippen LogP contribution >= 0.6 is 0 Å². The summed E-state index contributed by atoms with van der Waals surface area (Å²) < 4.78 is 11.1. The number of nitrogens with one attached hydrogen (secondary N) is 1. The number of fused-ring (bicyclic) bond motifs is 1. The molecule has 3 heterocycles. The van der Waals surface area contributed by atoms with Gasteiger partial charge in [0, 0.05) is 24.7 Å². The van der Waals surface area contributed by atoms with Crippen LogP contribution in [0.25, 0.3) is 22.4 Å². The number of benzene rings is 1. The average Bonchev–Trinajstić information content (AvgIpc) is 3.05. The maximum atomic E-state index is 5.64. The van der Waals surface area contributed by atoms with Crippen LogP contribution in [0, 0.1) is 0 Å². The molecule has 0 saturated carbocycles. The highest BCUT2D eigenvalue weighted by atomic mass is 16.5. The van der Waals surface area contributed by atoms with Crippen LogP contribution in [0.1, 0.15) is 11.9 Å². The summed E-state index contributed by atoms with van der Waals surface area (Å²) in [7, 11) is 0. The van der Waals surface area contributed by atoms with Gasteiger partial charge in [0.05, 0.1) is 17.7 Å². The highest BCUT2D eigenvalue weighted by Crippen LogP contribution is 2.27. The van der Waals surface area contributed by atoms with Gasteiger partial charge in [-0.05, 0) is 12.1 Å². The zero-order valence-corrected chi connectivity index (χ0v) is 11.3. The Morgan fingerprint density at radius 1 is 1.19 bits per heavy atom. The SMILES string of the molecule is c1ccc2c(-c3nc(C4CNCCO4)no3)ccnc2c1. The Morgan fingerprint density at radius 3 is 3.05 bits per heavy atom. The fourth-order valence-corrected chi connectivity index (χ4v) is 2.49. The zero-order chi connectivity index (χ0) is 14.1. The number of ether oxygens (including phenoxy) is 1. The number of nitrogens with zero attached hydrogens (tertiary/aromatic N) is 3. The molecular weight excluding hydrogens is 268 g/mol. The predicted molar refractivity (Wildman–Crippen MR) is 76.6 cm³/mol. The second-order valence-corrected chi connectivity index (χ2v) is 4.90. The van der Waals surface area contributed by atoms with Crippen molar-refractivity contribution in [3.05, 3.63) is 42.4 Å². The number of rotatable bonds is 2. The molecule has 1 aliphatic rings. The van der Waals surface area contributed by atoms with Crippen LogP contribution in [0.2, 0.25) is 0 Å². The third kappa shape index (κ3) is 2.28. The topological polar surface area (TPSA) is 73.1 Å². The minimum atomic E-state index is -0.149. The van der Waals surface area contributed by atoms with E-state index in [-0.39, 0.29) is 6.10 Å². The Kier molecular flexibility index (Phi) is 3.10. The standard InChI is InChI=1S/C15H14N4O2/c1-2-4-12-10(3-1)11(5-6-17-12)15-18-14(19-21-15)13-9-16-7-8-20-13/h1-6,13,16H,7-9H2. The molecule has 0 radical (unpaired) electrons. The number of morpholine rings is 1. The Morgan fingerprint density at radius 2 is 2.14 bits per heavy atom. The van der Waals surface area contributed by atoms with Crippen LogP contribution in [0.15, 0.2) is 41.1 Å². The van der Waals surface area contributed by atoms with Gasteiger partial charge in [-0.15, -0.1) is 0 Å². The minimum absolute atomic E-state index is 0.149. The van der Waals surface area contributed by atoms with E-state index in [1.165, 1.54) is 0 Å². The van der Waals surface area contributed by atoms with E-state index in [1.807, 2.05) is 30.3 Å². The van der Waals surface area contributed by atoms with E-state index in [2.05, 4.69) is 20.4 Å². The highest BCUT2D eigenvalue weighted by molar-refractivity contribution is 5.91. The van der Waals surface area contributed by atoms with E-state index in [0.29, 0.717) is 24.9 Å². The first kappa shape index (κ1) is 12.4. The molecule has 0 amide bonds. The molecule has 21 heavy (non-hydrogen) atoms. The van der Waals surface area contributed by atoms with Gasteiger partial charge in [-0.25, -0.2) is 0 Å². The molecular formula is C15H14N4O2. The van der Waals surface area contributed by atoms with E-state index < -0.39 is 0 Å². The van der Waals surface area contributed by atoms with Crippen LogP contribution in [0.5, 0.6) is 0 Å². The molecule has 0 aliphatic carbocycles. The number of hydrogen-bond acceptors (Lipinski definition) is 6. The van der Waals surface area contributed by atoms with Gasteiger partial charge in [-0.1, -0.05) is 23.4 Å². The van der Waals surface area contributed by atoms with Gasteiger partial charge in [-0.2, -0.15) is 4.98 Å². The molecule has 1 fully saturated rings. The van der Waals surface area contributed by atoms with Gasteiger partial charge in [-0.3, -0.25) is 4.98 Å². The zero-order valence-electron chi connectivity index (χ0n) is 11.3. The summed E-state index contributed by atoms with van der Waals surface area (Å²) in [5, 5.41) is 8.30. The van der Waals surface area contributed by atoms with Gasteiger partial charge in [0.15, 0.2) is 0 Å². The maximum Gasteiger partial charge on any atom is 0.258 e. The molecule has 1 atom stereocenters. The molecule has 1 aliphatic heterocycles. The second-order valence-electron chi connectivity index (χ2n) is 4.90. The first-order valence-electron chi connectivity index (χ1n) is 6.92. The summed E-state index contributed by atoms with van der Waals surface area (Å²) in [4.78, 5) is 8.82. The van der Waals surface area contributed by atoms with Crippen LogP contribution in [-0.4, -0.2) is 34.8 Å². The Bertz CT molecular complexity index is 760. The molecule has 6 heteroatoms. The lowest BCUT2D eigenvalue weighted by Crippen LogP contribution is -2.33. The molecule has 1 saturated heterocycles. The van der Waals surface area contributed by atoms with Gasteiger partial charge < -0.3 is 14.6 Å². The van der Waals surface area contributed by atoms with E-state index in [4.69, 9.17) is 9.26 Å². The number of hydrogen-bond donors (Lipinski definition) is 1. The quantitative estimate of drug-likeness (QED) is 0.774. The van der Waals surface area contributed by atoms with E-state index in [0.717, 1.165) is 23.0 Å². The van der Waals surface area contributed by atoms with Crippen LogP contribution in [0.3, 0.4) is 0 Å². The maximum absolute atomic E-state index is 5.64. The largest absolute Gasteiger partial charge is 0.367 e. The molecule has 1 unspecified atom stereocenters. The molecule has 3 aromatic rings. The molecule has 0 bridgehead atoms. The molecule has 1 N–H and O–H groups in total. The lowest BCUT2D eigenvalue weighted by molar-refractivity contribution is 0.0208. The van der Waals surface area contributed by atoms with Crippen molar-refractivity contribution in [3.63, 3.8) is 0 Å². The van der Waals surface area contributed by atoms with Crippen molar-refractivity contribution in [1.82, 2.24) is 20.4 Å². The molecule has 0 spiro atoms. The molecule has 106 valence electrons. The van der Waals surface area contributed by atoms with Crippen molar-refractivity contribution < 1.29 is 9.26 Å². The van der Waals surface area contributed by atoms with Crippen molar-refractivity contribution in [2.75, 3.05) is 19.7 Å². The summed E-state index contributed by atoms with van der Waals surface area (Å²) in [6, 6.07) is 9.78. The van der Waals surface area contributed by atoms with Crippen LogP contribution in [-0.2, 0) is 4.74 Å². The number of para-hydroxylation sites is 1. The fraction of sp³-hybridized carbons (Fsp3) is 0.267. The van der Waals surface area contributed by atoms with Gasteiger partial charge in [0.2, 0.25) is 5.82 Å². The average molecular weight is 282 g/mol. The van der Waals surface area contributed by atoms with Gasteiger partial charge in [0.25, 0.3) is 5.89 Å². The highest BCUT2D eigenvalue weighted by Gasteiger charge is 2.22. The summed E-state index contributed by atoms with van der Waals surface area (Å²) >= 11 is 0. The van der Waals surface area contributed by atoms with Crippen molar-refractivity contribution in [1.29, 1.82) is 0 Å². The van der Waals surface area contributed by atoms with Crippen molar-refractivity contribution in [2.24, 2.45) is 0 Å². The second kappa shape index (κ2) is 5.23. The molecule has 6 nitrogen and oxygen atoms in total. The Labute approximate surface area is 121 Å². The summed E-state index contributed by atoms with van der Waals surface area (Å²) in [5.74, 6) is 1.08. The van der Waals surface area contributed by atoms with E-state index >= 15 is 0 Å². The summed E-state index contributed by atoms with van der Waals surface area (Å²) in [6.07, 6.45) is 1.60. The van der Waals surface area contributed by atoms with E-state index in [9.17, 15) is 0 Å². The monoisotopic (exact) mass is 282 g/mol. The molecule has 2 aromatic heterocycles. The summed E-state index contributed by atoms with van der Waals surface area (Å²) in [6.45, 7) is 2.22. The van der Waals surface area contributed by atoms with Crippen molar-refractivity contribution >= 4 is 10.9 Å². The number of aromatic nitrogens is 3. The third-order valence-electron chi connectivity index (χ3n) is 3.54. The molecule has 1 aromatic carbocycles. The normalized spacial score (nSPS) is 19.0. The first-order valence-corrected chi connectivity index (χ1v) is 6.92. The Balaban J connectivity index is 1.74. The number of pyridine rings is 1. The van der Waals surface area contributed by atoms with Crippen LogP contribution < -0.4 is 5.32 Å². The van der Waals surface area contributed by atoms with Crippen molar-refractivity contribution in [2.45, 2.75) is 6.10 Å². The fourth-order valence-electron chi connectivity index (χ4n) is 2.49. The Hall–Kier alpha value is -2.31. The predicted octanol–water partition coefficient (Wildman–Crippen LogP) is 1.95. The minimum Gasteiger partial charge on any atom is -0.367 e. The smallest absolute Gasteiger partial charge is 0.258 e. The molecule has 4 rings (SSSR count). The van der Waals surface area contributed by atoms with Gasteiger partial charge in [0.1, 0.15) is 6.10 Å². The summed E-state index contributed by atoms with van der Waals surface area (Å²) in [5.41, 5.74) is 1.80. The van der Waals surface area contributed by atoms with Gasteiger partial charge >= 0.3 is 0 Å².